The van der Waals surface area contributed by atoms with Crippen molar-refractivity contribution in [2.75, 3.05) is 0 Å². The van der Waals surface area contributed by atoms with Crippen molar-refractivity contribution in [2.45, 2.75) is 38.5 Å². The van der Waals surface area contributed by atoms with Gasteiger partial charge in [0.2, 0.25) is 0 Å². The molecule has 38 heavy (non-hydrogen) atoms. The minimum Gasteiger partial charge on any atom is -0.393 e. The lowest BCUT2D eigenvalue weighted by atomic mass is 9.59. The molecule has 4 aliphatic heterocycles. The lowest BCUT2D eigenvalue weighted by molar-refractivity contribution is -0.174. The smallest absolute Gasteiger partial charge is 0.317 e. The maximum atomic E-state index is 11.7. The summed E-state index contributed by atoms with van der Waals surface area (Å²) in [7, 11) is 0. The maximum Gasteiger partial charge on any atom is 0.317 e. The summed E-state index contributed by atoms with van der Waals surface area (Å²) in [6, 6.07) is 0. The van der Waals surface area contributed by atoms with Crippen LogP contribution >= 0.6 is 0 Å². The zero-order valence-electron chi connectivity index (χ0n) is 20.1. The highest BCUT2D eigenvalue weighted by Crippen LogP contribution is 2.60. The molecule has 0 aromatic heterocycles. The van der Waals surface area contributed by atoms with E-state index in [0.717, 1.165) is 0 Å². The van der Waals surface area contributed by atoms with Crippen molar-refractivity contribution in [2.24, 2.45) is 71.0 Å². The molecule has 12 heteroatoms. The summed E-state index contributed by atoms with van der Waals surface area (Å²) < 4.78 is 18.8. The van der Waals surface area contributed by atoms with Crippen LogP contribution in [0, 0.1) is 71.0 Å². The molecule has 0 spiro atoms. The van der Waals surface area contributed by atoms with Crippen LogP contribution in [0.25, 0.3) is 0 Å². The highest BCUT2D eigenvalue weighted by molar-refractivity contribution is 5.99. The number of ether oxygens (including phenoxy) is 4. The van der Waals surface area contributed by atoms with Gasteiger partial charge in [0.15, 0.2) is 0 Å². The van der Waals surface area contributed by atoms with Gasteiger partial charge in [0, 0.05) is 0 Å². The Bertz CT molecular complexity index is 1060. The van der Waals surface area contributed by atoms with E-state index in [1.165, 1.54) is 0 Å². The molecule has 8 rings (SSSR count). The van der Waals surface area contributed by atoms with Gasteiger partial charge in [0.05, 0.1) is 47.3 Å². The van der Waals surface area contributed by atoms with Crippen LogP contribution in [0.3, 0.4) is 0 Å². The molecule has 8 atom stereocenters. The Hall–Kier alpha value is -3.44. The van der Waals surface area contributed by atoms with Crippen molar-refractivity contribution >= 4 is 47.8 Å². The molecule has 0 N–H and O–H groups in total. The van der Waals surface area contributed by atoms with Gasteiger partial charge in [0.25, 0.3) is 0 Å². The van der Waals surface area contributed by atoms with Gasteiger partial charge in [-0.25, -0.2) is 0 Å². The monoisotopic (exact) mass is 528 g/mol. The van der Waals surface area contributed by atoms with E-state index in [2.05, 4.69) is 0 Å². The number of carbonyl (C=O) groups excluding carboxylic acids is 8. The molecular formula is C26H24O12. The predicted octanol–water partition coefficient (Wildman–Crippen LogP) is 0.0958. The van der Waals surface area contributed by atoms with Crippen molar-refractivity contribution in [3.8, 4) is 0 Å². The summed E-state index contributed by atoms with van der Waals surface area (Å²) >= 11 is 0. The van der Waals surface area contributed by atoms with E-state index in [1.807, 2.05) is 0 Å². The minimum absolute atomic E-state index is 0.203. The van der Waals surface area contributed by atoms with Gasteiger partial charge >= 0.3 is 47.8 Å². The number of fused-ring (bicyclic) bond motifs is 12. The number of hydrogen-bond donors (Lipinski definition) is 0. The molecule has 4 bridgehead atoms. The fraction of sp³-hybridized carbons (Fsp3) is 0.692. The zero-order valence-corrected chi connectivity index (χ0v) is 20.1. The molecule has 8 unspecified atom stereocenters. The van der Waals surface area contributed by atoms with Crippen LogP contribution in [0.2, 0.25) is 0 Å². The van der Waals surface area contributed by atoms with E-state index in [4.69, 9.17) is 18.9 Å². The van der Waals surface area contributed by atoms with Gasteiger partial charge in [-0.15, -0.1) is 0 Å². The van der Waals surface area contributed by atoms with Gasteiger partial charge in [-0.2, -0.15) is 0 Å². The Balaban J connectivity index is 0.000000128. The molecule has 8 fully saturated rings. The lowest BCUT2D eigenvalue weighted by Gasteiger charge is -2.41. The zero-order chi connectivity index (χ0) is 26.6. The SMILES string of the molecule is O=C1OC(=O)C2CC1C1C3CC(C(=O)OC3=O)C21.O=C1OC(=O)C2CC3CC4C(=O)OC(=O)C4CC3CC12. The molecule has 8 aliphatic rings. The molecule has 0 radical (unpaired) electrons. The van der Waals surface area contributed by atoms with Crippen molar-refractivity contribution in [3.63, 3.8) is 0 Å². The first-order valence-electron chi connectivity index (χ1n) is 13.1. The summed E-state index contributed by atoms with van der Waals surface area (Å²) in [4.78, 5) is 93.4. The fourth-order valence-corrected chi connectivity index (χ4v) is 8.79. The van der Waals surface area contributed by atoms with E-state index in [1.54, 1.807) is 0 Å². The number of rotatable bonds is 0. The first-order chi connectivity index (χ1) is 18.1. The predicted molar refractivity (Wildman–Crippen MR) is 114 cm³/mol. The van der Waals surface area contributed by atoms with Crippen LogP contribution < -0.4 is 0 Å². The Morgan fingerprint density at radius 3 is 0.763 bits per heavy atom. The standard InChI is InChI=1S/C14H14O6.C12H10O6/c15-11-7-1-5-2-9-10(14(18)20-13(9)17)4-6(5)3-8(7)12(16)19-11;13-9-3-1-4(10(14)17-9)8-6-2-5(7(3)8)11(15)18-12(6)16/h5-10H,1-4H2;3-8H,1-2H2. The molecular weight excluding hydrogens is 504 g/mol. The van der Waals surface area contributed by atoms with Crippen LogP contribution in [0.4, 0.5) is 0 Å². The highest BCUT2D eigenvalue weighted by Gasteiger charge is 2.67. The summed E-state index contributed by atoms with van der Waals surface area (Å²) in [5.74, 6) is -7.09. The molecule has 12 nitrogen and oxygen atoms in total. The molecule has 4 saturated heterocycles. The second-order valence-electron chi connectivity index (χ2n) is 11.9. The summed E-state index contributed by atoms with van der Waals surface area (Å²) in [6.45, 7) is 0. The molecule has 4 saturated carbocycles. The van der Waals surface area contributed by atoms with E-state index >= 15 is 0 Å². The second-order valence-corrected chi connectivity index (χ2v) is 11.9. The second kappa shape index (κ2) is 8.03. The van der Waals surface area contributed by atoms with Crippen LogP contribution in [-0.2, 0) is 57.3 Å². The quantitative estimate of drug-likeness (QED) is 0.180. The van der Waals surface area contributed by atoms with E-state index in [9.17, 15) is 38.4 Å². The van der Waals surface area contributed by atoms with E-state index in [-0.39, 0.29) is 47.3 Å². The van der Waals surface area contributed by atoms with Crippen LogP contribution in [0.1, 0.15) is 38.5 Å². The molecule has 200 valence electrons. The van der Waals surface area contributed by atoms with Crippen LogP contribution in [-0.4, -0.2) is 47.8 Å². The Morgan fingerprint density at radius 1 is 0.316 bits per heavy atom. The van der Waals surface area contributed by atoms with Gasteiger partial charge in [-0.3, -0.25) is 38.4 Å². The van der Waals surface area contributed by atoms with Gasteiger partial charge in [0.1, 0.15) is 0 Å². The third kappa shape index (κ3) is 3.21. The maximum absolute atomic E-state index is 11.7. The molecule has 0 aromatic carbocycles. The lowest BCUT2D eigenvalue weighted by Crippen LogP contribution is -2.41. The average Bonchev–Trinajstić information content (AvgIpc) is 3.56. The Labute approximate surface area is 215 Å². The van der Waals surface area contributed by atoms with Gasteiger partial charge in [-0.05, 0) is 62.2 Å². The highest BCUT2D eigenvalue weighted by atomic mass is 16.6. The molecule has 0 aromatic rings. The van der Waals surface area contributed by atoms with Crippen molar-refractivity contribution in [1.29, 1.82) is 0 Å². The van der Waals surface area contributed by atoms with Gasteiger partial charge in [-0.1, -0.05) is 0 Å². The fourth-order valence-electron chi connectivity index (χ4n) is 8.79. The number of cyclic esters (lactones) is 8. The first kappa shape index (κ1) is 23.7. The molecule has 4 aliphatic carbocycles. The summed E-state index contributed by atoms with van der Waals surface area (Å²) in [5.41, 5.74) is 0. The van der Waals surface area contributed by atoms with Gasteiger partial charge < -0.3 is 18.9 Å². The van der Waals surface area contributed by atoms with Crippen LogP contribution in [0.15, 0.2) is 0 Å². The normalized spacial score (nSPS) is 47.6. The number of carbonyl (C=O) groups is 8. The topological polar surface area (TPSA) is 173 Å². The summed E-state index contributed by atoms with van der Waals surface area (Å²) in [6.07, 6.45) is 3.19. The van der Waals surface area contributed by atoms with Crippen molar-refractivity contribution < 1.29 is 57.3 Å². The summed E-state index contributed by atoms with van der Waals surface area (Å²) in [5, 5.41) is 0. The average molecular weight is 528 g/mol. The van der Waals surface area contributed by atoms with E-state index < -0.39 is 71.4 Å². The molecule has 4 heterocycles. The van der Waals surface area contributed by atoms with Crippen molar-refractivity contribution in [3.05, 3.63) is 0 Å². The number of esters is 8. The first-order valence-corrected chi connectivity index (χ1v) is 13.1. The van der Waals surface area contributed by atoms with E-state index in [0.29, 0.717) is 38.5 Å². The minimum atomic E-state index is -0.545. The Morgan fingerprint density at radius 2 is 0.526 bits per heavy atom. The largest absolute Gasteiger partial charge is 0.393 e. The molecule has 0 amide bonds. The third-order valence-corrected chi connectivity index (χ3v) is 10.4. The van der Waals surface area contributed by atoms with Crippen molar-refractivity contribution in [1.82, 2.24) is 0 Å². The third-order valence-electron chi connectivity index (χ3n) is 10.4. The Kier molecular flexibility index (Phi) is 5.00. The van der Waals surface area contributed by atoms with Crippen LogP contribution in [0.5, 0.6) is 0 Å². The number of hydrogen-bond acceptors (Lipinski definition) is 12.